The minimum Gasteiger partial charge on any atom is -0.494 e. The maximum Gasteiger partial charge on any atom is 0.248 e. The Morgan fingerprint density at radius 1 is 1.33 bits per heavy atom. The molecule has 0 radical (unpaired) electrons. The number of hydrogen-bond donors (Lipinski definition) is 2. The highest BCUT2D eigenvalue weighted by Crippen LogP contribution is 2.27. The number of anilines is 1. The molecule has 4 heteroatoms. The number of benzene rings is 1. The highest BCUT2D eigenvalue weighted by Gasteiger charge is 2.06. The van der Waals surface area contributed by atoms with Crippen LogP contribution in [0.25, 0.3) is 10.9 Å². The molecule has 2 rings (SSSR count). The zero-order valence-electron chi connectivity index (χ0n) is 8.63. The molecule has 0 saturated heterocycles. The van der Waals surface area contributed by atoms with Crippen molar-refractivity contribution in [3.8, 4) is 5.75 Å². The number of aromatic amines is 1. The summed E-state index contributed by atoms with van der Waals surface area (Å²) in [5, 5.41) is 0.909. The van der Waals surface area contributed by atoms with Gasteiger partial charge in [-0.05, 0) is 18.6 Å². The van der Waals surface area contributed by atoms with E-state index >= 15 is 0 Å². The van der Waals surface area contributed by atoms with Crippen LogP contribution >= 0.6 is 0 Å². The number of nitrogens with one attached hydrogen (secondary N) is 1. The number of ether oxygens (including phenoxy) is 1. The van der Waals surface area contributed by atoms with E-state index in [-0.39, 0.29) is 5.56 Å². The van der Waals surface area contributed by atoms with E-state index in [2.05, 4.69) is 4.98 Å². The lowest BCUT2D eigenvalue weighted by atomic mass is 10.1. The summed E-state index contributed by atoms with van der Waals surface area (Å²) >= 11 is 0. The number of hydrogen-bond acceptors (Lipinski definition) is 3. The van der Waals surface area contributed by atoms with Crippen molar-refractivity contribution in [2.75, 3.05) is 12.8 Å². The Labute approximate surface area is 86.7 Å². The van der Waals surface area contributed by atoms with Gasteiger partial charge in [-0.25, -0.2) is 0 Å². The van der Waals surface area contributed by atoms with Crippen molar-refractivity contribution < 1.29 is 4.74 Å². The maximum atomic E-state index is 11.3. The first kappa shape index (κ1) is 9.58. The monoisotopic (exact) mass is 204 g/mol. The fourth-order valence-electron chi connectivity index (χ4n) is 1.67. The molecule has 0 aliphatic rings. The third-order valence-corrected chi connectivity index (χ3v) is 2.37. The highest BCUT2D eigenvalue weighted by atomic mass is 16.5. The summed E-state index contributed by atoms with van der Waals surface area (Å²) in [6.07, 6.45) is 0. The second kappa shape index (κ2) is 3.31. The number of nitrogens with two attached hydrogens (primary N) is 1. The molecular formula is C11H12N2O2. The van der Waals surface area contributed by atoms with E-state index < -0.39 is 0 Å². The number of nitrogen functional groups attached to an aromatic ring is 1. The van der Waals surface area contributed by atoms with Gasteiger partial charge in [-0.3, -0.25) is 4.79 Å². The standard InChI is InChI=1S/C11H12N2O2/c1-6-3-10(14)13-11-8(6)4-7(12)5-9(11)15-2/h3-5H,12H2,1-2H3,(H,13,14). The van der Waals surface area contributed by atoms with Crippen LogP contribution in [0.5, 0.6) is 5.75 Å². The average Bonchev–Trinajstić information content (AvgIpc) is 2.18. The molecule has 4 nitrogen and oxygen atoms in total. The molecule has 0 amide bonds. The minimum absolute atomic E-state index is 0.136. The molecule has 2 aromatic rings. The normalized spacial score (nSPS) is 10.5. The molecule has 1 aromatic heterocycles. The van der Waals surface area contributed by atoms with Crippen LogP contribution in [0.2, 0.25) is 0 Å². The van der Waals surface area contributed by atoms with Gasteiger partial charge in [-0.1, -0.05) is 0 Å². The number of methoxy groups -OCH3 is 1. The highest BCUT2D eigenvalue weighted by molar-refractivity contribution is 5.90. The second-order valence-corrected chi connectivity index (χ2v) is 3.46. The van der Waals surface area contributed by atoms with E-state index in [0.717, 1.165) is 10.9 Å². The third kappa shape index (κ3) is 1.54. The quantitative estimate of drug-likeness (QED) is 0.690. The number of aryl methyl sites for hydroxylation is 1. The Bertz CT molecular complexity index is 573. The van der Waals surface area contributed by atoms with Crippen molar-refractivity contribution in [1.29, 1.82) is 0 Å². The summed E-state index contributed by atoms with van der Waals surface area (Å²) in [4.78, 5) is 14.1. The summed E-state index contributed by atoms with van der Waals surface area (Å²) in [5.74, 6) is 0.589. The van der Waals surface area contributed by atoms with Crippen LogP contribution in [0.1, 0.15) is 5.56 Å². The van der Waals surface area contributed by atoms with Crippen LogP contribution in [0, 0.1) is 6.92 Å². The van der Waals surface area contributed by atoms with Gasteiger partial charge in [0.25, 0.3) is 0 Å². The van der Waals surface area contributed by atoms with E-state index in [0.29, 0.717) is 17.0 Å². The van der Waals surface area contributed by atoms with Gasteiger partial charge in [0.1, 0.15) is 5.75 Å². The average molecular weight is 204 g/mol. The van der Waals surface area contributed by atoms with Gasteiger partial charge in [-0.15, -0.1) is 0 Å². The predicted octanol–water partition coefficient (Wildman–Crippen LogP) is 1.43. The molecule has 0 bridgehead atoms. The molecule has 0 aliphatic carbocycles. The van der Waals surface area contributed by atoms with E-state index in [9.17, 15) is 4.79 Å². The van der Waals surface area contributed by atoms with Gasteiger partial charge < -0.3 is 15.5 Å². The second-order valence-electron chi connectivity index (χ2n) is 3.46. The predicted molar refractivity (Wildman–Crippen MR) is 60.3 cm³/mol. The minimum atomic E-state index is -0.136. The van der Waals surface area contributed by atoms with Crippen LogP contribution in [0.3, 0.4) is 0 Å². The largest absolute Gasteiger partial charge is 0.494 e. The molecule has 3 N–H and O–H groups in total. The fraction of sp³-hybridized carbons (Fsp3) is 0.182. The number of pyridine rings is 1. The molecule has 0 saturated carbocycles. The molecule has 0 aliphatic heterocycles. The van der Waals surface area contributed by atoms with E-state index in [4.69, 9.17) is 10.5 Å². The molecule has 78 valence electrons. The Kier molecular flexibility index (Phi) is 2.11. The zero-order valence-corrected chi connectivity index (χ0v) is 8.63. The lowest BCUT2D eigenvalue weighted by Gasteiger charge is -2.08. The van der Waals surface area contributed by atoms with Crippen LogP contribution in [0.4, 0.5) is 5.69 Å². The third-order valence-electron chi connectivity index (χ3n) is 2.37. The Morgan fingerprint density at radius 2 is 2.07 bits per heavy atom. The summed E-state index contributed by atoms with van der Waals surface area (Å²) in [6, 6.07) is 5.06. The first-order valence-electron chi connectivity index (χ1n) is 4.59. The van der Waals surface area contributed by atoms with Crippen molar-refractivity contribution in [2.24, 2.45) is 0 Å². The molecule has 15 heavy (non-hydrogen) atoms. The molecule has 0 fully saturated rings. The van der Waals surface area contributed by atoms with Crippen LogP contribution in [-0.2, 0) is 0 Å². The molecule has 1 heterocycles. The Hall–Kier alpha value is -1.97. The van der Waals surface area contributed by atoms with E-state index in [1.54, 1.807) is 19.2 Å². The summed E-state index contributed by atoms with van der Waals surface area (Å²) in [6.45, 7) is 1.87. The smallest absolute Gasteiger partial charge is 0.248 e. The molecule has 0 spiro atoms. The van der Waals surface area contributed by atoms with Crippen LogP contribution < -0.4 is 16.0 Å². The van der Waals surface area contributed by atoms with Crippen molar-refractivity contribution >= 4 is 16.6 Å². The van der Waals surface area contributed by atoms with Crippen LogP contribution in [-0.4, -0.2) is 12.1 Å². The number of aromatic nitrogens is 1. The molecule has 0 atom stereocenters. The van der Waals surface area contributed by atoms with Gasteiger partial charge >= 0.3 is 0 Å². The Morgan fingerprint density at radius 3 is 2.73 bits per heavy atom. The number of rotatable bonds is 1. The number of fused-ring (bicyclic) bond motifs is 1. The summed E-state index contributed by atoms with van der Waals surface area (Å²) < 4.78 is 5.17. The molecule has 1 aromatic carbocycles. The van der Waals surface area contributed by atoms with Crippen molar-refractivity contribution in [1.82, 2.24) is 4.98 Å². The van der Waals surface area contributed by atoms with Gasteiger partial charge in [0.2, 0.25) is 5.56 Å². The van der Waals surface area contributed by atoms with Crippen molar-refractivity contribution in [2.45, 2.75) is 6.92 Å². The van der Waals surface area contributed by atoms with E-state index in [1.807, 2.05) is 13.0 Å². The van der Waals surface area contributed by atoms with Crippen molar-refractivity contribution in [3.63, 3.8) is 0 Å². The van der Waals surface area contributed by atoms with Gasteiger partial charge in [-0.2, -0.15) is 0 Å². The lowest BCUT2D eigenvalue weighted by Crippen LogP contribution is -2.06. The molecule has 0 unspecified atom stereocenters. The molecular weight excluding hydrogens is 192 g/mol. The van der Waals surface area contributed by atoms with Gasteiger partial charge in [0.05, 0.1) is 12.6 Å². The first-order chi connectivity index (χ1) is 7.11. The van der Waals surface area contributed by atoms with Crippen molar-refractivity contribution in [3.05, 3.63) is 34.1 Å². The lowest BCUT2D eigenvalue weighted by molar-refractivity contribution is 0.419. The number of H-pyrrole nitrogens is 1. The summed E-state index contributed by atoms with van der Waals surface area (Å²) in [5.41, 5.74) is 7.80. The van der Waals surface area contributed by atoms with Gasteiger partial charge in [0.15, 0.2) is 0 Å². The maximum absolute atomic E-state index is 11.3. The van der Waals surface area contributed by atoms with E-state index in [1.165, 1.54) is 0 Å². The fourth-order valence-corrected chi connectivity index (χ4v) is 1.67. The summed E-state index contributed by atoms with van der Waals surface area (Å²) in [7, 11) is 1.55. The van der Waals surface area contributed by atoms with Gasteiger partial charge in [0, 0.05) is 23.2 Å². The Balaban J connectivity index is 2.96. The SMILES string of the molecule is COc1cc(N)cc2c(C)cc(=O)[nH]c12. The van der Waals surface area contributed by atoms with Crippen LogP contribution in [0.15, 0.2) is 23.0 Å². The first-order valence-corrected chi connectivity index (χ1v) is 4.59. The zero-order chi connectivity index (χ0) is 11.0. The topological polar surface area (TPSA) is 68.1 Å².